The maximum Gasteiger partial charge on any atom is 0.254 e. The largest absolute Gasteiger partial charge is 0.470 e. The number of likely N-dealkylation sites (tertiary alicyclic amines) is 1. The van der Waals surface area contributed by atoms with Crippen molar-refractivity contribution in [1.82, 2.24) is 14.2 Å². The lowest BCUT2D eigenvalue weighted by Crippen LogP contribution is -2.56. The van der Waals surface area contributed by atoms with Gasteiger partial charge in [0.05, 0.1) is 18.0 Å². The van der Waals surface area contributed by atoms with Crippen LogP contribution in [0.1, 0.15) is 29.8 Å². The Labute approximate surface area is 170 Å². The number of ether oxygens (including phenoxy) is 1. The second kappa shape index (κ2) is 8.59. The molecule has 0 atom stereocenters. The molecule has 29 heavy (non-hydrogen) atoms. The van der Waals surface area contributed by atoms with E-state index in [4.69, 9.17) is 10.00 Å². The number of nitrogens with zero attached hydrogens (tertiary/aromatic N) is 4. The van der Waals surface area contributed by atoms with Crippen molar-refractivity contribution in [3.8, 4) is 11.9 Å². The highest BCUT2D eigenvalue weighted by atomic mass is 32.2. The Kier molecular flexibility index (Phi) is 6.15. The minimum Gasteiger partial charge on any atom is -0.470 e. The number of hydrogen-bond acceptors (Lipinski definition) is 6. The summed E-state index contributed by atoms with van der Waals surface area (Å²) >= 11 is 0. The molecule has 0 saturated carbocycles. The van der Waals surface area contributed by atoms with Gasteiger partial charge >= 0.3 is 0 Å². The van der Waals surface area contributed by atoms with E-state index in [1.807, 2.05) is 6.07 Å². The van der Waals surface area contributed by atoms with Crippen LogP contribution in [-0.2, 0) is 10.0 Å². The third-order valence-electron chi connectivity index (χ3n) is 4.75. The van der Waals surface area contributed by atoms with Crippen molar-refractivity contribution in [3.05, 3.63) is 53.7 Å². The zero-order valence-electron chi connectivity index (χ0n) is 16.3. The Bertz CT molecular complexity index is 1020. The lowest BCUT2D eigenvalue weighted by atomic mass is 10.1. The van der Waals surface area contributed by atoms with Gasteiger partial charge in [-0.05, 0) is 36.4 Å². The summed E-state index contributed by atoms with van der Waals surface area (Å²) in [4.78, 5) is 18.4. The summed E-state index contributed by atoms with van der Waals surface area (Å²) in [5, 5.41) is 9.08. The van der Waals surface area contributed by atoms with Gasteiger partial charge in [0.25, 0.3) is 5.91 Å². The van der Waals surface area contributed by atoms with Gasteiger partial charge in [-0.25, -0.2) is 13.4 Å². The third-order valence-corrected chi connectivity index (χ3v) is 6.81. The first-order valence-corrected chi connectivity index (χ1v) is 10.8. The fourth-order valence-electron chi connectivity index (χ4n) is 3.07. The number of aromatic nitrogens is 1. The third kappa shape index (κ3) is 4.23. The number of benzene rings is 1. The minimum absolute atomic E-state index is 0.168. The molecule has 1 aliphatic rings. The zero-order valence-corrected chi connectivity index (χ0v) is 17.1. The molecule has 1 aromatic carbocycles. The number of amides is 1. The van der Waals surface area contributed by atoms with Crippen LogP contribution in [0.3, 0.4) is 0 Å². The van der Waals surface area contributed by atoms with Gasteiger partial charge in [-0.1, -0.05) is 13.8 Å². The predicted molar refractivity (Wildman–Crippen MR) is 106 cm³/mol. The standard InChI is InChI=1S/C20H22N4O4S/c1-3-24(4-2)29(26,27)18-9-7-15(8-10-18)20(25)23-13-17(14-23)28-19-16(12-21)6-5-11-22-19/h5-11,17H,3-4,13-14H2,1-2H3. The predicted octanol–water partition coefficient (Wildman–Crippen LogP) is 1.89. The number of carbonyl (C=O) groups excluding carboxylic acids is 1. The number of hydrogen-bond donors (Lipinski definition) is 0. The summed E-state index contributed by atoms with van der Waals surface area (Å²) in [6.07, 6.45) is 1.31. The molecule has 1 aliphatic heterocycles. The highest BCUT2D eigenvalue weighted by Gasteiger charge is 2.33. The SMILES string of the molecule is CCN(CC)S(=O)(=O)c1ccc(C(=O)N2CC(Oc3ncccc3C#N)C2)cc1. The molecule has 0 spiro atoms. The van der Waals surface area contributed by atoms with E-state index in [-0.39, 0.29) is 22.8 Å². The lowest BCUT2D eigenvalue weighted by Gasteiger charge is -2.38. The van der Waals surface area contributed by atoms with Crippen LogP contribution in [-0.4, -0.2) is 60.8 Å². The molecular formula is C20H22N4O4S. The van der Waals surface area contributed by atoms with Gasteiger partial charge in [-0.2, -0.15) is 9.57 Å². The second-order valence-electron chi connectivity index (χ2n) is 6.53. The van der Waals surface area contributed by atoms with Crippen LogP contribution in [0.15, 0.2) is 47.5 Å². The van der Waals surface area contributed by atoms with Gasteiger partial charge in [-0.15, -0.1) is 0 Å². The molecule has 9 heteroatoms. The fourth-order valence-corrected chi connectivity index (χ4v) is 4.53. The number of pyridine rings is 1. The van der Waals surface area contributed by atoms with Crippen molar-refractivity contribution in [2.75, 3.05) is 26.2 Å². The van der Waals surface area contributed by atoms with E-state index in [1.54, 1.807) is 37.1 Å². The van der Waals surface area contributed by atoms with Crippen molar-refractivity contribution in [2.45, 2.75) is 24.8 Å². The summed E-state index contributed by atoms with van der Waals surface area (Å²) in [7, 11) is -3.55. The molecule has 0 bridgehead atoms. The first-order valence-electron chi connectivity index (χ1n) is 9.32. The van der Waals surface area contributed by atoms with E-state index in [0.717, 1.165) is 0 Å². The van der Waals surface area contributed by atoms with E-state index >= 15 is 0 Å². The molecule has 2 heterocycles. The van der Waals surface area contributed by atoms with E-state index in [2.05, 4.69) is 4.98 Å². The van der Waals surface area contributed by atoms with E-state index < -0.39 is 10.0 Å². The van der Waals surface area contributed by atoms with Crippen LogP contribution < -0.4 is 4.74 Å². The van der Waals surface area contributed by atoms with Gasteiger partial charge < -0.3 is 9.64 Å². The molecule has 1 saturated heterocycles. The quantitative estimate of drug-likeness (QED) is 0.685. The topological polar surface area (TPSA) is 104 Å². The van der Waals surface area contributed by atoms with Gasteiger partial charge in [0.2, 0.25) is 15.9 Å². The Balaban J connectivity index is 1.62. The summed E-state index contributed by atoms with van der Waals surface area (Å²) in [6.45, 7) is 5.09. The van der Waals surface area contributed by atoms with Crippen LogP contribution in [0.5, 0.6) is 5.88 Å². The molecule has 0 unspecified atom stereocenters. The maximum absolute atomic E-state index is 12.6. The van der Waals surface area contributed by atoms with Crippen LogP contribution in [0.2, 0.25) is 0 Å². The molecular weight excluding hydrogens is 392 g/mol. The normalized spacial score (nSPS) is 14.3. The number of sulfonamides is 1. The van der Waals surface area contributed by atoms with Crippen molar-refractivity contribution in [3.63, 3.8) is 0 Å². The Morgan fingerprint density at radius 3 is 2.48 bits per heavy atom. The van der Waals surface area contributed by atoms with Gasteiger partial charge in [0.1, 0.15) is 17.7 Å². The summed E-state index contributed by atoms with van der Waals surface area (Å²) in [5.74, 6) is 0.0659. The molecule has 8 nitrogen and oxygen atoms in total. The smallest absolute Gasteiger partial charge is 0.254 e. The molecule has 0 N–H and O–H groups in total. The second-order valence-corrected chi connectivity index (χ2v) is 8.47. The summed E-state index contributed by atoms with van der Waals surface area (Å²) in [5.41, 5.74) is 0.764. The van der Waals surface area contributed by atoms with Gasteiger partial charge in [0.15, 0.2) is 0 Å². The van der Waals surface area contributed by atoms with Crippen LogP contribution in [0.4, 0.5) is 0 Å². The highest BCUT2D eigenvalue weighted by molar-refractivity contribution is 7.89. The van der Waals surface area contributed by atoms with Crippen LogP contribution >= 0.6 is 0 Å². The first kappa shape index (κ1) is 20.8. The van der Waals surface area contributed by atoms with Gasteiger partial charge in [0, 0.05) is 24.8 Å². The van der Waals surface area contributed by atoms with E-state index in [0.29, 0.717) is 37.3 Å². The molecule has 1 fully saturated rings. The average Bonchev–Trinajstić information content (AvgIpc) is 2.71. The number of nitriles is 1. The molecule has 3 rings (SSSR count). The van der Waals surface area contributed by atoms with E-state index in [9.17, 15) is 13.2 Å². The van der Waals surface area contributed by atoms with Crippen molar-refractivity contribution >= 4 is 15.9 Å². The lowest BCUT2D eigenvalue weighted by molar-refractivity contribution is 0.0159. The fraction of sp³-hybridized carbons (Fsp3) is 0.350. The molecule has 2 aromatic rings. The van der Waals surface area contributed by atoms with E-state index in [1.165, 1.54) is 28.6 Å². The van der Waals surface area contributed by atoms with Gasteiger partial charge in [-0.3, -0.25) is 4.79 Å². The molecule has 152 valence electrons. The highest BCUT2D eigenvalue weighted by Crippen LogP contribution is 2.22. The van der Waals surface area contributed by atoms with Crippen molar-refractivity contribution in [2.24, 2.45) is 0 Å². The molecule has 0 aliphatic carbocycles. The Hall–Kier alpha value is -2.96. The summed E-state index contributed by atoms with van der Waals surface area (Å²) in [6, 6.07) is 11.3. The van der Waals surface area contributed by atoms with Crippen molar-refractivity contribution in [1.29, 1.82) is 5.26 Å². The Morgan fingerprint density at radius 1 is 1.24 bits per heavy atom. The first-order chi connectivity index (χ1) is 13.9. The van der Waals surface area contributed by atoms with Crippen LogP contribution in [0, 0.1) is 11.3 Å². The monoisotopic (exact) mass is 414 g/mol. The number of rotatable bonds is 7. The minimum atomic E-state index is -3.55. The zero-order chi connectivity index (χ0) is 21.0. The van der Waals surface area contributed by atoms with Crippen molar-refractivity contribution < 1.29 is 17.9 Å². The maximum atomic E-state index is 12.6. The van der Waals surface area contributed by atoms with Crippen LogP contribution in [0.25, 0.3) is 0 Å². The summed E-state index contributed by atoms with van der Waals surface area (Å²) < 4.78 is 32.1. The molecule has 0 radical (unpaired) electrons. The molecule has 1 aromatic heterocycles. The average molecular weight is 414 g/mol. The number of carbonyl (C=O) groups is 1. The molecule has 1 amide bonds. The Morgan fingerprint density at radius 2 is 1.90 bits per heavy atom.